The van der Waals surface area contributed by atoms with Gasteiger partial charge in [-0.25, -0.2) is 21.6 Å². The molecule has 4 rings (SSSR count). The lowest BCUT2D eigenvalue weighted by molar-refractivity contribution is -0.234. The van der Waals surface area contributed by atoms with E-state index in [4.69, 9.17) is 0 Å². The molecule has 2 aromatic rings. The van der Waals surface area contributed by atoms with Gasteiger partial charge in [-0.15, -0.1) is 11.3 Å². The van der Waals surface area contributed by atoms with Crippen LogP contribution in [0.1, 0.15) is 24.5 Å². The van der Waals surface area contributed by atoms with Gasteiger partial charge in [-0.2, -0.15) is 17.5 Å². The third-order valence-corrected chi connectivity index (χ3v) is 9.47. The molecule has 1 aromatic heterocycles. The number of benzene rings is 1. The normalized spacial score (nSPS) is 25.9. The molecule has 1 saturated heterocycles. The fraction of sp³-hybridized carbons (Fsp3) is 0.450. The van der Waals surface area contributed by atoms with Crippen molar-refractivity contribution in [3.05, 3.63) is 46.6 Å². The number of piperazine rings is 1. The Balaban J connectivity index is 1.57. The SMILES string of the molecule is CC1CN(c2ccc(F)cc2C(F)(F)F)CCN1S(=O)(=O)c1cc(C2(O)C(=O)CC2(F)F)cs1. The van der Waals surface area contributed by atoms with Crippen LogP contribution >= 0.6 is 11.3 Å². The minimum atomic E-state index is -4.82. The molecule has 1 aliphatic heterocycles. The van der Waals surface area contributed by atoms with Gasteiger partial charge in [0.2, 0.25) is 5.60 Å². The summed E-state index contributed by atoms with van der Waals surface area (Å²) < 4.78 is 108. The van der Waals surface area contributed by atoms with E-state index in [0.717, 1.165) is 27.9 Å². The summed E-state index contributed by atoms with van der Waals surface area (Å²) in [5, 5.41) is 11.1. The van der Waals surface area contributed by atoms with Gasteiger partial charge in [0, 0.05) is 36.9 Å². The molecule has 1 N–H and O–H groups in total. The van der Waals surface area contributed by atoms with Gasteiger partial charge < -0.3 is 10.0 Å². The molecule has 0 radical (unpaired) electrons. The minimum Gasteiger partial charge on any atom is -0.372 e. The van der Waals surface area contributed by atoms with Crippen LogP contribution in [0.15, 0.2) is 33.9 Å². The average molecular weight is 528 g/mol. The average Bonchev–Trinajstić information content (AvgIpc) is 3.23. The Hall–Kier alpha value is -2.16. The summed E-state index contributed by atoms with van der Waals surface area (Å²) in [6.07, 6.45) is -5.97. The van der Waals surface area contributed by atoms with Crippen molar-refractivity contribution in [2.24, 2.45) is 0 Å². The Labute approximate surface area is 194 Å². The van der Waals surface area contributed by atoms with E-state index < -0.39 is 62.9 Å². The first kappa shape index (κ1) is 24.9. The molecule has 2 fully saturated rings. The van der Waals surface area contributed by atoms with Crippen LogP contribution in [-0.4, -0.2) is 55.2 Å². The zero-order valence-electron chi connectivity index (χ0n) is 17.4. The second kappa shape index (κ2) is 7.93. The second-order valence-electron chi connectivity index (χ2n) is 8.24. The van der Waals surface area contributed by atoms with Crippen LogP contribution < -0.4 is 4.90 Å². The van der Waals surface area contributed by atoms with E-state index in [1.165, 1.54) is 11.8 Å². The third kappa shape index (κ3) is 3.80. The number of thiophene rings is 1. The molecule has 14 heteroatoms. The van der Waals surface area contributed by atoms with Crippen LogP contribution in [0.2, 0.25) is 0 Å². The van der Waals surface area contributed by atoms with E-state index in [0.29, 0.717) is 17.4 Å². The number of rotatable bonds is 4. The zero-order valence-corrected chi connectivity index (χ0v) is 19.1. The second-order valence-corrected chi connectivity index (χ2v) is 11.3. The molecule has 1 aliphatic carbocycles. The topological polar surface area (TPSA) is 77.9 Å². The number of hydrogen-bond donors (Lipinski definition) is 1. The van der Waals surface area contributed by atoms with Crippen LogP contribution in [0.25, 0.3) is 0 Å². The predicted molar refractivity (Wildman–Crippen MR) is 110 cm³/mol. The van der Waals surface area contributed by atoms with E-state index in [9.17, 15) is 44.7 Å². The smallest absolute Gasteiger partial charge is 0.372 e. The Kier molecular flexibility index (Phi) is 5.82. The molecular formula is C20H18F6N2O4S2. The molecule has 0 amide bonds. The molecule has 2 heterocycles. The number of carbonyl (C=O) groups excluding carboxylic acids is 1. The van der Waals surface area contributed by atoms with E-state index in [1.807, 2.05) is 0 Å². The number of halogens is 6. The molecule has 2 aliphatic rings. The highest BCUT2D eigenvalue weighted by molar-refractivity contribution is 7.91. The molecule has 0 bridgehead atoms. The Morgan fingerprint density at radius 2 is 1.85 bits per heavy atom. The van der Waals surface area contributed by atoms with E-state index in [2.05, 4.69) is 0 Å². The van der Waals surface area contributed by atoms with Crippen LogP contribution in [-0.2, 0) is 26.6 Å². The van der Waals surface area contributed by atoms with Crippen molar-refractivity contribution < 1.29 is 44.7 Å². The summed E-state index contributed by atoms with van der Waals surface area (Å²) >= 11 is 0.556. The van der Waals surface area contributed by atoms with Crippen LogP contribution in [0.4, 0.5) is 32.0 Å². The molecule has 6 nitrogen and oxygen atoms in total. The first-order valence-electron chi connectivity index (χ1n) is 9.95. The zero-order chi connectivity index (χ0) is 25.3. The van der Waals surface area contributed by atoms with Crippen LogP contribution in [0.3, 0.4) is 0 Å². The fourth-order valence-corrected chi connectivity index (χ4v) is 7.18. The standard InChI is InChI=1S/C20H18F6N2O4S2/c1-11-9-27(15-3-2-13(21)7-14(15)20(24,25)26)4-5-28(11)34(31,32)17-6-12(10-33-17)19(30)16(29)8-18(19,22)23/h2-3,6-7,10-11,30H,4-5,8-9H2,1H3. The number of hydrogen-bond acceptors (Lipinski definition) is 6. The maximum atomic E-state index is 13.9. The van der Waals surface area contributed by atoms with E-state index in [-0.39, 0.29) is 29.5 Å². The Morgan fingerprint density at radius 3 is 2.41 bits per heavy atom. The highest BCUT2D eigenvalue weighted by Gasteiger charge is 2.69. The maximum absolute atomic E-state index is 13.9. The van der Waals surface area contributed by atoms with Crippen molar-refractivity contribution in [2.75, 3.05) is 24.5 Å². The maximum Gasteiger partial charge on any atom is 0.418 e. The highest BCUT2D eigenvalue weighted by Crippen LogP contribution is 2.52. The van der Waals surface area contributed by atoms with Gasteiger partial charge >= 0.3 is 6.18 Å². The molecule has 2 atom stereocenters. The van der Waals surface area contributed by atoms with Crippen molar-refractivity contribution in [1.29, 1.82) is 0 Å². The van der Waals surface area contributed by atoms with Crippen molar-refractivity contribution >= 4 is 32.8 Å². The molecular weight excluding hydrogens is 510 g/mol. The van der Waals surface area contributed by atoms with Crippen LogP contribution in [0.5, 0.6) is 0 Å². The summed E-state index contributed by atoms with van der Waals surface area (Å²) in [4.78, 5) is 13.0. The number of sulfonamides is 1. The van der Waals surface area contributed by atoms with Gasteiger partial charge in [-0.05, 0) is 36.6 Å². The number of ketones is 1. The molecule has 186 valence electrons. The van der Waals surface area contributed by atoms with Crippen molar-refractivity contribution in [1.82, 2.24) is 4.31 Å². The minimum absolute atomic E-state index is 0.142. The first-order valence-corrected chi connectivity index (χ1v) is 12.3. The van der Waals surface area contributed by atoms with Crippen molar-refractivity contribution in [3.8, 4) is 0 Å². The largest absolute Gasteiger partial charge is 0.418 e. The van der Waals surface area contributed by atoms with Crippen molar-refractivity contribution in [3.63, 3.8) is 0 Å². The summed E-state index contributed by atoms with van der Waals surface area (Å²) in [7, 11) is -4.26. The van der Waals surface area contributed by atoms with Gasteiger partial charge in [0.15, 0.2) is 5.78 Å². The summed E-state index contributed by atoms with van der Waals surface area (Å²) in [6, 6.07) is 2.24. The van der Waals surface area contributed by atoms with Gasteiger partial charge in [-0.1, -0.05) is 0 Å². The van der Waals surface area contributed by atoms with Gasteiger partial charge in [0.1, 0.15) is 10.0 Å². The first-order chi connectivity index (χ1) is 15.6. The summed E-state index contributed by atoms with van der Waals surface area (Å²) in [5.41, 5.74) is -5.08. The number of aliphatic hydroxyl groups is 1. The van der Waals surface area contributed by atoms with Gasteiger partial charge in [0.25, 0.3) is 15.9 Å². The predicted octanol–water partition coefficient (Wildman–Crippen LogP) is 3.60. The van der Waals surface area contributed by atoms with Gasteiger partial charge in [-0.3, -0.25) is 4.79 Å². The van der Waals surface area contributed by atoms with Gasteiger partial charge in [0.05, 0.1) is 12.0 Å². The number of carbonyl (C=O) groups is 1. The molecule has 0 spiro atoms. The summed E-state index contributed by atoms with van der Waals surface area (Å²) in [6.45, 7) is 0.945. The number of nitrogens with zero attached hydrogens (tertiary/aromatic N) is 2. The summed E-state index contributed by atoms with van der Waals surface area (Å²) in [5.74, 6) is -5.91. The number of anilines is 1. The van der Waals surface area contributed by atoms with Crippen LogP contribution in [0, 0.1) is 5.82 Å². The number of Topliss-reactive ketones (excluding diaryl/α,β-unsaturated/α-hetero) is 1. The molecule has 1 aromatic carbocycles. The Morgan fingerprint density at radius 1 is 1.18 bits per heavy atom. The monoisotopic (exact) mass is 528 g/mol. The molecule has 1 saturated carbocycles. The van der Waals surface area contributed by atoms with E-state index in [1.54, 1.807) is 0 Å². The lowest BCUT2D eigenvalue weighted by Crippen LogP contribution is -2.62. The lowest BCUT2D eigenvalue weighted by Gasteiger charge is -2.42. The van der Waals surface area contributed by atoms with E-state index >= 15 is 0 Å². The Bertz CT molecular complexity index is 1250. The molecule has 2 unspecified atom stereocenters. The van der Waals surface area contributed by atoms with Crippen molar-refractivity contribution in [2.45, 2.75) is 41.3 Å². The quantitative estimate of drug-likeness (QED) is 0.614. The molecule has 34 heavy (non-hydrogen) atoms. The fourth-order valence-electron chi connectivity index (χ4n) is 4.21. The number of alkyl halides is 5. The lowest BCUT2D eigenvalue weighted by atomic mass is 9.71. The third-order valence-electron chi connectivity index (χ3n) is 6.04. The highest BCUT2D eigenvalue weighted by atomic mass is 32.2.